The number of nitrogens with one attached hydrogen (secondary N) is 1. The second-order valence-corrected chi connectivity index (χ2v) is 5.69. The van der Waals surface area contributed by atoms with Gasteiger partial charge in [0.1, 0.15) is 0 Å². The van der Waals surface area contributed by atoms with Crippen molar-refractivity contribution in [3.05, 3.63) is 54.1 Å². The monoisotopic (exact) mass is 356 g/mol. The van der Waals surface area contributed by atoms with E-state index in [0.717, 1.165) is 11.3 Å². The third-order valence-corrected chi connectivity index (χ3v) is 3.80. The summed E-state index contributed by atoms with van der Waals surface area (Å²) in [5.41, 5.74) is 1.89. The van der Waals surface area contributed by atoms with Crippen LogP contribution >= 0.6 is 0 Å². The highest BCUT2D eigenvalue weighted by Crippen LogP contribution is 2.25. The molecule has 26 heavy (non-hydrogen) atoms. The summed E-state index contributed by atoms with van der Waals surface area (Å²) in [6.07, 6.45) is 0. The average Bonchev–Trinajstić information content (AvgIpc) is 2.65. The Hall–Kier alpha value is -3.02. The van der Waals surface area contributed by atoms with E-state index in [-0.39, 0.29) is 25.0 Å². The van der Waals surface area contributed by atoms with Crippen LogP contribution in [-0.4, -0.2) is 38.6 Å². The number of hydrogen-bond acceptors (Lipinski definition) is 4. The van der Waals surface area contributed by atoms with E-state index in [1.165, 1.54) is 7.11 Å². The number of nitrogens with zero attached hydrogens (tertiary/aromatic N) is 1. The van der Waals surface area contributed by atoms with Crippen LogP contribution in [0.25, 0.3) is 0 Å². The van der Waals surface area contributed by atoms with E-state index < -0.39 is 0 Å². The summed E-state index contributed by atoms with van der Waals surface area (Å²) in [4.78, 5) is 26.0. The lowest BCUT2D eigenvalue weighted by Crippen LogP contribution is -2.41. The zero-order valence-corrected chi connectivity index (χ0v) is 15.3. The van der Waals surface area contributed by atoms with Crippen LogP contribution in [0, 0.1) is 6.92 Å². The Morgan fingerprint density at radius 3 is 2.46 bits per heavy atom. The summed E-state index contributed by atoms with van der Waals surface area (Å²) in [6.45, 7) is 4.11. The number of benzene rings is 2. The van der Waals surface area contributed by atoms with Crippen molar-refractivity contribution in [2.75, 3.05) is 31.7 Å². The summed E-state index contributed by atoms with van der Waals surface area (Å²) in [5, 5.41) is 2.59. The molecule has 0 fully saturated rings. The number of methoxy groups -OCH3 is 1. The number of ether oxygens (including phenoxy) is 2. The zero-order valence-electron chi connectivity index (χ0n) is 15.3. The van der Waals surface area contributed by atoms with Crippen molar-refractivity contribution < 1.29 is 19.1 Å². The number of amides is 2. The van der Waals surface area contributed by atoms with Gasteiger partial charge in [-0.3, -0.25) is 9.59 Å². The van der Waals surface area contributed by atoms with Crippen LogP contribution in [-0.2, 0) is 9.59 Å². The van der Waals surface area contributed by atoms with Crippen LogP contribution in [0.1, 0.15) is 12.5 Å². The summed E-state index contributed by atoms with van der Waals surface area (Å²) in [5.74, 6) is 0.479. The maximum atomic E-state index is 12.4. The number of rotatable bonds is 8. The summed E-state index contributed by atoms with van der Waals surface area (Å²) < 4.78 is 10.6. The van der Waals surface area contributed by atoms with Crippen LogP contribution in [0.5, 0.6) is 11.5 Å². The summed E-state index contributed by atoms with van der Waals surface area (Å²) >= 11 is 0. The van der Waals surface area contributed by atoms with Crippen LogP contribution in [0.3, 0.4) is 0 Å². The van der Waals surface area contributed by atoms with Gasteiger partial charge in [-0.1, -0.05) is 24.3 Å². The van der Waals surface area contributed by atoms with Gasteiger partial charge >= 0.3 is 0 Å². The van der Waals surface area contributed by atoms with Crippen molar-refractivity contribution >= 4 is 17.5 Å². The maximum absolute atomic E-state index is 12.4. The fraction of sp³-hybridized carbons (Fsp3) is 0.300. The van der Waals surface area contributed by atoms with E-state index >= 15 is 0 Å². The number of para-hydroxylation sites is 2. The minimum absolute atomic E-state index is 0.0874. The predicted octanol–water partition coefficient (Wildman–Crippen LogP) is 2.55. The summed E-state index contributed by atoms with van der Waals surface area (Å²) in [6, 6.07) is 14.8. The van der Waals surface area contributed by atoms with Crippen molar-refractivity contribution in [2.45, 2.75) is 13.8 Å². The molecule has 0 spiro atoms. The van der Waals surface area contributed by atoms with Crippen LogP contribution < -0.4 is 19.7 Å². The molecule has 0 saturated carbocycles. The van der Waals surface area contributed by atoms with Gasteiger partial charge in [0, 0.05) is 12.2 Å². The highest BCUT2D eigenvalue weighted by atomic mass is 16.5. The topological polar surface area (TPSA) is 67.9 Å². The third-order valence-electron chi connectivity index (χ3n) is 3.80. The standard InChI is InChI=1S/C20H24N2O4/c1-4-22(16-9-7-8-15(2)12-16)20(24)13-21-19(23)14-26-18-11-6-5-10-17(18)25-3/h5-12H,4,13-14H2,1-3H3,(H,21,23). The quantitative estimate of drug-likeness (QED) is 0.789. The number of aryl methyl sites for hydroxylation is 1. The lowest BCUT2D eigenvalue weighted by atomic mass is 10.2. The van der Waals surface area contributed by atoms with Gasteiger partial charge in [0.25, 0.3) is 5.91 Å². The molecule has 138 valence electrons. The Bertz CT molecular complexity index is 761. The number of hydrogen-bond donors (Lipinski definition) is 1. The smallest absolute Gasteiger partial charge is 0.258 e. The van der Waals surface area contributed by atoms with Crippen molar-refractivity contribution in [1.29, 1.82) is 0 Å². The van der Waals surface area contributed by atoms with Gasteiger partial charge in [-0.2, -0.15) is 0 Å². The predicted molar refractivity (Wildman–Crippen MR) is 101 cm³/mol. The van der Waals surface area contributed by atoms with Crippen LogP contribution in [0.15, 0.2) is 48.5 Å². The van der Waals surface area contributed by atoms with Crippen molar-refractivity contribution in [2.24, 2.45) is 0 Å². The molecule has 2 aromatic carbocycles. The Morgan fingerprint density at radius 2 is 1.81 bits per heavy atom. The fourth-order valence-electron chi connectivity index (χ4n) is 2.50. The van der Waals surface area contributed by atoms with Crippen molar-refractivity contribution in [1.82, 2.24) is 5.32 Å². The minimum Gasteiger partial charge on any atom is -0.493 e. The molecule has 2 aromatic rings. The first-order chi connectivity index (χ1) is 12.5. The second kappa shape index (κ2) is 9.46. The van der Waals surface area contributed by atoms with Gasteiger partial charge in [0.15, 0.2) is 18.1 Å². The molecule has 0 aromatic heterocycles. The molecular weight excluding hydrogens is 332 g/mol. The van der Waals surface area contributed by atoms with Gasteiger partial charge in [-0.05, 0) is 43.7 Å². The van der Waals surface area contributed by atoms with E-state index in [0.29, 0.717) is 18.0 Å². The normalized spacial score (nSPS) is 10.1. The molecule has 0 bridgehead atoms. The molecule has 6 nitrogen and oxygen atoms in total. The van der Waals surface area contributed by atoms with Gasteiger partial charge in [-0.15, -0.1) is 0 Å². The van der Waals surface area contributed by atoms with Gasteiger partial charge in [0.05, 0.1) is 13.7 Å². The third kappa shape index (κ3) is 5.24. The lowest BCUT2D eigenvalue weighted by Gasteiger charge is -2.21. The minimum atomic E-state index is -0.371. The largest absolute Gasteiger partial charge is 0.493 e. The number of carbonyl (C=O) groups is 2. The van der Waals surface area contributed by atoms with Gasteiger partial charge in [-0.25, -0.2) is 0 Å². The molecule has 0 atom stereocenters. The molecule has 0 aliphatic heterocycles. The molecular formula is C20H24N2O4. The van der Waals surface area contributed by atoms with Crippen molar-refractivity contribution in [3.8, 4) is 11.5 Å². The molecule has 0 heterocycles. The molecule has 6 heteroatoms. The Balaban J connectivity index is 1.86. The second-order valence-electron chi connectivity index (χ2n) is 5.69. The first-order valence-electron chi connectivity index (χ1n) is 8.44. The van der Waals surface area contributed by atoms with E-state index in [2.05, 4.69) is 5.32 Å². The van der Waals surface area contributed by atoms with E-state index in [1.54, 1.807) is 23.1 Å². The molecule has 0 aliphatic rings. The van der Waals surface area contributed by atoms with Crippen LogP contribution in [0.4, 0.5) is 5.69 Å². The number of likely N-dealkylation sites (N-methyl/N-ethyl adjacent to an activating group) is 1. The molecule has 0 radical (unpaired) electrons. The van der Waals surface area contributed by atoms with Crippen LogP contribution in [0.2, 0.25) is 0 Å². The maximum Gasteiger partial charge on any atom is 0.258 e. The van der Waals surface area contributed by atoms with E-state index in [1.807, 2.05) is 44.2 Å². The zero-order chi connectivity index (χ0) is 18.9. The fourth-order valence-corrected chi connectivity index (χ4v) is 2.50. The molecule has 2 rings (SSSR count). The van der Waals surface area contributed by atoms with Gasteiger partial charge < -0.3 is 19.7 Å². The molecule has 1 N–H and O–H groups in total. The van der Waals surface area contributed by atoms with Crippen molar-refractivity contribution in [3.63, 3.8) is 0 Å². The highest BCUT2D eigenvalue weighted by Gasteiger charge is 2.15. The molecule has 0 aliphatic carbocycles. The Kier molecular flexibility index (Phi) is 7.02. The molecule has 0 saturated heterocycles. The highest BCUT2D eigenvalue weighted by molar-refractivity contribution is 5.96. The van der Waals surface area contributed by atoms with E-state index in [9.17, 15) is 9.59 Å². The first-order valence-corrected chi connectivity index (χ1v) is 8.44. The number of carbonyl (C=O) groups excluding carboxylic acids is 2. The Labute approximate surface area is 153 Å². The average molecular weight is 356 g/mol. The first kappa shape index (κ1) is 19.3. The van der Waals surface area contributed by atoms with Gasteiger partial charge in [0.2, 0.25) is 5.91 Å². The number of anilines is 1. The lowest BCUT2D eigenvalue weighted by molar-refractivity contribution is -0.126. The van der Waals surface area contributed by atoms with E-state index in [4.69, 9.17) is 9.47 Å². The molecule has 2 amide bonds. The SMILES string of the molecule is CCN(C(=O)CNC(=O)COc1ccccc1OC)c1cccc(C)c1. The molecule has 0 unspecified atom stereocenters. The Morgan fingerprint density at radius 1 is 1.08 bits per heavy atom. The summed E-state index contributed by atoms with van der Waals surface area (Å²) in [7, 11) is 1.53.